The van der Waals surface area contributed by atoms with Crippen molar-refractivity contribution in [1.82, 2.24) is 15.0 Å². The van der Waals surface area contributed by atoms with Gasteiger partial charge in [0.15, 0.2) is 5.82 Å². The third kappa shape index (κ3) is 3.74. The zero-order valence-electron chi connectivity index (χ0n) is 15.6. The lowest BCUT2D eigenvalue weighted by Crippen LogP contribution is -2.32. The SMILES string of the molecule is C/C=C/c1nc(-c2ccccn2)nc2c1CN(c1ccc(SC)cc1)CC2. The van der Waals surface area contributed by atoms with Gasteiger partial charge in [0.1, 0.15) is 5.69 Å². The predicted octanol–water partition coefficient (Wildman–Crippen LogP) is 4.86. The summed E-state index contributed by atoms with van der Waals surface area (Å²) in [6.07, 6.45) is 8.91. The van der Waals surface area contributed by atoms with Crippen molar-refractivity contribution < 1.29 is 0 Å². The molecule has 0 saturated carbocycles. The minimum atomic E-state index is 0.709. The first-order chi connectivity index (χ1) is 13.3. The highest BCUT2D eigenvalue weighted by Crippen LogP contribution is 2.29. The number of pyridine rings is 1. The Hall–Kier alpha value is -2.66. The molecule has 0 N–H and O–H groups in total. The standard InChI is InChI=1S/C22H22N4S/c1-3-6-19-18-15-26(16-8-10-17(27-2)11-9-16)14-12-20(18)25-22(24-19)21-7-4-5-13-23-21/h3-11,13H,12,14-15H2,1-2H3/b6-3+. The van der Waals surface area contributed by atoms with E-state index in [1.807, 2.05) is 31.2 Å². The lowest BCUT2D eigenvalue weighted by Gasteiger charge is -2.31. The monoisotopic (exact) mass is 374 g/mol. The number of rotatable bonds is 4. The Bertz CT molecular complexity index is 952. The number of hydrogen-bond donors (Lipinski definition) is 0. The second-order valence-corrected chi connectivity index (χ2v) is 7.32. The van der Waals surface area contributed by atoms with Crippen LogP contribution in [-0.2, 0) is 13.0 Å². The van der Waals surface area contributed by atoms with Crippen LogP contribution in [0.4, 0.5) is 5.69 Å². The van der Waals surface area contributed by atoms with Crippen molar-refractivity contribution in [3.8, 4) is 11.5 Å². The lowest BCUT2D eigenvalue weighted by molar-refractivity contribution is 0.704. The maximum absolute atomic E-state index is 4.84. The first kappa shape index (κ1) is 17.7. The average molecular weight is 375 g/mol. The molecule has 27 heavy (non-hydrogen) atoms. The van der Waals surface area contributed by atoms with Crippen molar-refractivity contribution in [2.24, 2.45) is 0 Å². The van der Waals surface area contributed by atoms with Gasteiger partial charge in [0.2, 0.25) is 0 Å². The number of allylic oxidation sites excluding steroid dienone is 1. The van der Waals surface area contributed by atoms with Crippen molar-refractivity contribution in [3.05, 3.63) is 71.7 Å². The Kier molecular flexibility index (Phi) is 5.21. The molecule has 1 aliphatic heterocycles. The minimum Gasteiger partial charge on any atom is -0.367 e. The van der Waals surface area contributed by atoms with E-state index in [4.69, 9.17) is 9.97 Å². The van der Waals surface area contributed by atoms with E-state index in [0.717, 1.165) is 36.6 Å². The van der Waals surface area contributed by atoms with Crippen molar-refractivity contribution in [2.75, 3.05) is 17.7 Å². The molecule has 0 amide bonds. The molecule has 3 heterocycles. The second kappa shape index (κ2) is 7.92. The molecule has 4 nitrogen and oxygen atoms in total. The number of nitrogens with zero attached hydrogens (tertiary/aromatic N) is 4. The maximum atomic E-state index is 4.84. The Labute approximate surface area is 164 Å². The number of anilines is 1. The molecule has 4 rings (SSSR count). The summed E-state index contributed by atoms with van der Waals surface area (Å²) in [4.78, 5) is 17.8. The summed E-state index contributed by atoms with van der Waals surface area (Å²) >= 11 is 1.77. The molecule has 136 valence electrons. The van der Waals surface area contributed by atoms with Crippen LogP contribution in [0.1, 0.15) is 23.9 Å². The third-order valence-electron chi connectivity index (χ3n) is 4.75. The van der Waals surface area contributed by atoms with Crippen LogP contribution in [0.15, 0.2) is 59.6 Å². The third-order valence-corrected chi connectivity index (χ3v) is 5.49. The van der Waals surface area contributed by atoms with E-state index in [9.17, 15) is 0 Å². The van der Waals surface area contributed by atoms with E-state index in [-0.39, 0.29) is 0 Å². The molecule has 0 unspecified atom stereocenters. The minimum absolute atomic E-state index is 0.709. The first-order valence-electron chi connectivity index (χ1n) is 9.11. The Balaban J connectivity index is 1.69. The van der Waals surface area contributed by atoms with Gasteiger partial charge < -0.3 is 4.90 Å². The summed E-state index contributed by atoms with van der Waals surface area (Å²) in [5.41, 5.74) is 5.41. The van der Waals surface area contributed by atoms with Gasteiger partial charge in [0, 0.05) is 41.9 Å². The van der Waals surface area contributed by atoms with Gasteiger partial charge in [-0.1, -0.05) is 12.1 Å². The van der Waals surface area contributed by atoms with Crippen LogP contribution in [0.3, 0.4) is 0 Å². The molecule has 0 aliphatic carbocycles. The van der Waals surface area contributed by atoms with Gasteiger partial charge in [-0.25, -0.2) is 9.97 Å². The van der Waals surface area contributed by atoms with Crippen LogP contribution >= 0.6 is 11.8 Å². The number of aromatic nitrogens is 3. The highest BCUT2D eigenvalue weighted by molar-refractivity contribution is 7.98. The molecule has 1 aromatic carbocycles. The van der Waals surface area contributed by atoms with Crippen molar-refractivity contribution >= 4 is 23.5 Å². The van der Waals surface area contributed by atoms with Gasteiger partial charge in [-0.15, -0.1) is 11.8 Å². The van der Waals surface area contributed by atoms with Crippen LogP contribution in [0.2, 0.25) is 0 Å². The van der Waals surface area contributed by atoms with E-state index in [1.165, 1.54) is 16.1 Å². The molecule has 1 aliphatic rings. The fraction of sp³-hybridized carbons (Fsp3) is 0.227. The van der Waals surface area contributed by atoms with Crippen LogP contribution in [0.5, 0.6) is 0 Å². The van der Waals surface area contributed by atoms with E-state index < -0.39 is 0 Å². The fourth-order valence-corrected chi connectivity index (χ4v) is 3.77. The maximum Gasteiger partial charge on any atom is 0.178 e. The van der Waals surface area contributed by atoms with Crippen LogP contribution < -0.4 is 4.90 Å². The predicted molar refractivity (Wildman–Crippen MR) is 113 cm³/mol. The number of fused-ring (bicyclic) bond motifs is 1. The fourth-order valence-electron chi connectivity index (χ4n) is 3.36. The van der Waals surface area contributed by atoms with Crippen molar-refractivity contribution in [3.63, 3.8) is 0 Å². The number of thioether (sulfide) groups is 1. The number of benzene rings is 1. The van der Waals surface area contributed by atoms with Crippen LogP contribution in [-0.4, -0.2) is 27.8 Å². The number of hydrogen-bond acceptors (Lipinski definition) is 5. The summed E-state index contributed by atoms with van der Waals surface area (Å²) in [6, 6.07) is 14.6. The zero-order valence-corrected chi connectivity index (χ0v) is 16.4. The van der Waals surface area contributed by atoms with E-state index >= 15 is 0 Å². The quantitative estimate of drug-likeness (QED) is 0.610. The molecular weight excluding hydrogens is 352 g/mol. The molecule has 0 spiro atoms. The molecule has 5 heteroatoms. The average Bonchev–Trinajstić information content (AvgIpc) is 2.74. The molecule has 0 bridgehead atoms. The highest BCUT2D eigenvalue weighted by Gasteiger charge is 2.22. The van der Waals surface area contributed by atoms with E-state index in [2.05, 4.69) is 46.5 Å². The molecule has 2 aromatic heterocycles. The van der Waals surface area contributed by atoms with Gasteiger partial charge >= 0.3 is 0 Å². The van der Waals surface area contributed by atoms with Gasteiger partial charge in [-0.3, -0.25) is 4.98 Å². The Morgan fingerprint density at radius 2 is 1.93 bits per heavy atom. The van der Waals surface area contributed by atoms with E-state index in [1.54, 1.807) is 18.0 Å². The van der Waals surface area contributed by atoms with Gasteiger partial charge in [0.05, 0.1) is 11.4 Å². The summed E-state index contributed by atoms with van der Waals surface area (Å²) in [5, 5.41) is 0. The summed E-state index contributed by atoms with van der Waals surface area (Å²) in [5.74, 6) is 0.709. The van der Waals surface area contributed by atoms with Crippen molar-refractivity contribution in [2.45, 2.75) is 24.8 Å². The summed E-state index contributed by atoms with van der Waals surface area (Å²) < 4.78 is 0. The Morgan fingerprint density at radius 3 is 2.63 bits per heavy atom. The lowest BCUT2D eigenvalue weighted by atomic mass is 10.0. The van der Waals surface area contributed by atoms with Gasteiger partial charge in [-0.05, 0) is 55.7 Å². The van der Waals surface area contributed by atoms with Gasteiger partial charge in [0.25, 0.3) is 0 Å². The molecule has 0 radical (unpaired) electrons. The smallest absolute Gasteiger partial charge is 0.178 e. The van der Waals surface area contributed by atoms with E-state index in [0.29, 0.717) is 5.82 Å². The van der Waals surface area contributed by atoms with Gasteiger partial charge in [-0.2, -0.15) is 0 Å². The first-order valence-corrected chi connectivity index (χ1v) is 10.3. The largest absolute Gasteiger partial charge is 0.367 e. The molecule has 3 aromatic rings. The molecule has 0 atom stereocenters. The normalized spacial score (nSPS) is 13.8. The second-order valence-electron chi connectivity index (χ2n) is 6.44. The molecule has 0 saturated heterocycles. The zero-order chi connectivity index (χ0) is 18.6. The van der Waals surface area contributed by atoms with Crippen LogP contribution in [0.25, 0.3) is 17.6 Å². The summed E-state index contributed by atoms with van der Waals surface area (Å²) in [7, 11) is 0. The van der Waals surface area contributed by atoms with Crippen LogP contribution in [0, 0.1) is 0 Å². The Morgan fingerprint density at radius 1 is 1.07 bits per heavy atom. The summed E-state index contributed by atoms with van der Waals surface area (Å²) in [6.45, 7) is 3.81. The topological polar surface area (TPSA) is 41.9 Å². The molecular formula is C22H22N4S. The highest BCUT2D eigenvalue weighted by atomic mass is 32.2. The van der Waals surface area contributed by atoms with Crippen molar-refractivity contribution in [1.29, 1.82) is 0 Å². The molecule has 0 fully saturated rings.